The number of fused-ring (bicyclic) bond motifs is 1. The van der Waals surface area contributed by atoms with Crippen LogP contribution >= 0.6 is 0 Å². The number of aromatic amines is 1. The van der Waals surface area contributed by atoms with Gasteiger partial charge in [-0.1, -0.05) is 26.0 Å². The normalized spacial score (nSPS) is 12.2. The van der Waals surface area contributed by atoms with E-state index in [1.165, 1.54) is 20.2 Å². The topological polar surface area (TPSA) is 89.8 Å². The summed E-state index contributed by atoms with van der Waals surface area (Å²) in [5.41, 5.74) is 1.74. The molecule has 3 aromatic heterocycles. The Hall–Kier alpha value is -3.67. The lowest BCUT2D eigenvalue weighted by Crippen LogP contribution is -2.26. The number of halogens is 3. The van der Waals surface area contributed by atoms with E-state index in [4.69, 9.17) is 0 Å². The van der Waals surface area contributed by atoms with E-state index in [0.717, 1.165) is 11.8 Å². The number of amidine groups is 1. The van der Waals surface area contributed by atoms with Crippen LogP contribution in [0.4, 0.5) is 19.0 Å². The monoisotopic (exact) mass is 428 g/mol. The van der Waals surface area contributed by atoms with Gasteiger partial charge in [-0.05, 0) is 32.0 Å². The largest absolute Gasteiger partial charge is 0.419 e. The summed E-state index contributed by atoms with van der Waals surface area (Å²) in [5.74, 6) is -0.214. The molecule has 162 valence electrons. The Bertz CT molecular complexity index is 1170. The van der Waals surface area contributed by atoms with Crippen LogP contribution in [-0.4, -0.2) is 34.0 Å². The van der Waals surface area contributed by atoms with E-state index in [0.29, 0.717) is 27.9 Å². The van der Waals surface area contributed by atoms with Crippen molar-refractivity contribution in [2.75, 3.05) is 12.4 Å². The van der Waals surface area contributed by atoms with Crippen LogP contribution in [0.15, 0.2) is 47.1 Å². The Balaban J connectivity index is 0.00000166. The highest BCUT2D eigenvalue weighted by Crippen LogP contribution is 2.32. The van der Waals surface area contributed by atoms with Gasteiger partial charge in [-0.25, -0.2) is 4.98 Å². The van der Waals surface area contributed by atoms with Crippen LogP contribution in [0.5, 0.6) is 0 Å². The second-order valence-corrected chi connectivity index (χ2v) is 6.15. The van der Waals surface area contributed by atoms with Gasteiger partial charge in [0.1, 0.15) is 23.4 Å². The first-order valence-corrected chi connectivity index (χ1v) is 9.62. The average molecular weight is 428 g/mol. The van der Waals surface area contributed by atoms with Crippen molar-refractivity contribution in [3.8, 4) is 17.3 Å². The van der Waals surface area contributed by atoms with Crippen LogP contribution < -0.4 is 5.32 Å². The van der Waals surface area contributed by atoms with E-state index in [1.807, 2.05) is 32.9 Å². The number of H-pyrrole nitrogens is 1. The fourth-order valence-corrected chi connectivity index (χ4v) is 2.98. The summed E-state index contributed by atoms with van der Waals surface area (Å²) in [4.78, 5) is 15.4. The summed E-state index contributed by atoms with van der Waals surface area (Å²) in [6.07, 6.45) is -2.12. The Morgan fingerprint density at radius 2 is 1.97 bits per heavy atom. The van der Waals surface area contributed by atoms with E-state index in [9.17, 15) is 18.4 Å². The van der Waals surface area contributed by atoms with E-state index >= 15 is 0 Å². The number of aliphatic imine (C=N–C) groups is 1. The first kappa shape index (κ1) is 23.6. The predicted octanol–water partition coefficient (Wildman–Crippen LogP) is 5.78. The molecule has 0 aromatic carbocycles. The number of nitrogens with one attached hydrogen (secondary N) is 2. The molecular formula is C22H23F3N6. The lowest BCUT2D eigenvalue weighted by atomic mass is 10.1. The molecule has 0 spiro atoms. The van der Waals surface area contributed by atoms with Crippen molar-refractivity contribution in [3.63, 3.8) is 0 Å². The SMILES string of the molecule is C/C=C(\C(=NC)Nc1cc(-c2cccc(C)n2)c2c(C#N)c[nH]c2n1)C(F)(F)F.CC. The van der Waals surface area contributed by atoms with Gasteiger partial charge >= 0.3 is 6.18 Å². The molecule has 3 heterocycles. The number of aryl methyl sites for hydroxylation is 1. The summed E-state index contributed by atoms with van der Waals surface area (Å²) in [5, 5.41) is 12.6. The zero-order chi connectivity index (χ0) is 23.2. The number of nitriles is 1. The van der Waals surface area contributed by atoms with Gasteiger partial charge in [0.2, 0.25) is 0 Å². The molecule has 0 aliphatic rings. The highest BCUT2D eigenvalue weighted by atomic mass is 19.4. The molecule has 0 aliphatic carbocycles. The molecule has 0 fully saturated rings. The highest BCUT2D eigenvalue weighted by Gasteiger charge is 2.36. The number of hydrogen-bond donors (Lipinski definition) is 2. The molecule has 0 saturated heterocycles. The van der Waals surface area contributed by atoms with Gasteiger partial charge in [0.25, 0.3) is 0 Å². The Labute approximate surface area is 178 Å². The molecule has 9 heteroatoms. The number of aromatic nitrogens is 3. The van der Waals surface area contributed by atoms with Gasteiger partial charge in [0.15, 0.2) is 0 Å². The molecule has 0 bridgehead atoms. The quantitative estimate of drug-likeness (QED) is 0.409. The Morgan fingerprint density at radius 3 is 2.52 bits per heavy atom. The van der Waals surface area contributed by atoms with Gasteiger partial charge in [0, 0.05) is 29.9 Å². The van der Waals surface area contributed by atoms with Crippen molar-refractivity contribution in [2.45, 2.75) is 33.9 Å². The van der Waals surface area contributed by atoms with Gasteiger partial charge in [-0.3, -0.25) is 9.98 Å². The molecule has 3 rings (SSSR count). The lowest BCUT2D eigenvalue weighted by Gasteiger charge is -2.16. The first-order valence-electron chi connectivity index (χ1n) is 9.62. The maximum Gasteiger partial charge on any atom is 0.419 e. The summed E-state index contributed by atoms with van der Waals surface area (Å²) in [6, 6.07) is 9.06. The third-order valence-electron chi connectivity index (χ3n) is 4.25. The van der Waals surface area contributed by atoms with Crippen LogP contribution in [0, 0.1) is 18.3 Å². The van der Waals surface area contributed by atoms with Crippen molar-refractivity contribution in [1.29, 1.82) is 5.26 Å². The van der Waals surface area contributed by atoms with Crippen LogP contribution in [0.1, 0.15) is 32.0 Å². The Morgan fingerprint density at radius 1 is 1.26 bits per heavy atom. The summed E-state index contributed by atoms with van der Waals surface area (Å²) >= 11 is 0. The number of allylic oxidation sites excluding steroid dienone is 1. The fraction of sp³-hybridized carbons (Fsp3) is 0.273. The van der Waals surface area contributed by atoms with Gasteiger partial charge in [-0.15, -0.1) is 0 Å². The molecule has 0 amide bonds. The average Bonchev–Trinajstić information content (AvgIpc) is 3.16. The maximum atomic E-state index is 13.3. The van der Waals surface area contributed by atoms with Crippen molar-refractivity contribution >= 4 is 22.7 Å². The molecule has 6 nitrogen and oxygen atoms in total. The molecule has 0 aliphatic heterocycles. The number of anilines is 1. The minimum absolute atomic E-state index is 0.145. The van der Waals surface area contributed by atoms with E-state index in [-0.39, 0.29) is 11.7 Å². The summed E-state index contributed by atoms with van der Waals surface area (Å²) < 4.78 is 39.9. The number of alkyl halides is 3. The molecule has 0 atom stereocenters. The van der Waals surface area contributed by atoms with E-state index in [1.54, 1.807) is 12.1 Å². The van der Waals surface area contributed by atoms with Crippen molar-refractivity contribution in [1.82, 2.24) is 15.0 Å². The molecular weight excluding hydrogens is 405 g/mol. The zero-order valence-electron chi connectivity index (χ0n) is 17.9. The van der Waals surface area contributed by atoms with Gasteiger partial charge in [0.05, 0.1) is 16.8 Å². The van der Waals surface area contributed by atoms with Gasteiger partial charge in [-0.2, -0.15) is 18.4 Å². The molecule has 2 N–H and O–H groups in total. The summed E-state index contributed by atoms with van der Waals surface area (Å²) in [6.45, 7) is 7.12. The van der Waals surface area contributed by atoms with Crippen molar-refractivity contribution in [2.24, 2.45) is 4.99 Å². The second-order valence-electron chi connectivity index (χ2n) is 6.15. The van der Waals surface area contributed by atoms with Crippen molar-refractivity contribution < 1.29 is 13.2 Å². The van der Waals surface area contributed by atoms with Crippen LogP contribution in [-0.2, 0) is 0 Å². The predicted molar refractivity (Wildman–Crippen MR) is 117 cm³/mol. The smallest absolute Gasteiger partial charge is 0.345 e. The minimum Gasteiger partial charge on any atom is -0.345 e. The molecule has 0 unspecified atom stereocenters. The standard InChI is InChI=1S/C20H17F3N6.C2H6/c1-4-14(20(21,22)23)18(25-3)28-16-8-13(15-7-5-6-11(2)27-15)17-12(9-24)10-26-19(17)29-16;1-2/h4-8,10H,1-3H3,(H2,25,26,28,29);1-2H3/b14-4+;. The second kappa shape index (κ2) is 9.89. The third kappa shape index (κ3) is 5.09. The number of hydrogen-bond acceptors (Lipinski definition) is 4. The van der Waals surface area contributed by atoms with Crippen LogP contribution in [0.25, 0.3) is 22.3 Å². The van der Waals surface area contributed by atoms with Gasteiger partial charge < -0.3 is 10.3 Å². The van der Waals surface area contributed by atoms with Crippen LogP contribution in [0.2, 0.25) is 0 Å². The number of nitrogens with zero attached hydrogens (tertiary/aromatic N) is 4. The van der Waals surface area contributed by atoms with Crippen LogP contribution in [0.3, 0.4) is 0 Å². The highest BCUT2D eigenvalue weighted by molar-refractivity contribution is 6.09. The maximum absolute atomic E-state index is 13.3. The fourth-order valence-electron chi connectivity index (χ4n) is 2.98. The first-order chi connectivity index (χ1) is 14.8. The van der Waals surface area contributed by atoms with E-state index in [2.05, 4.69) is 31.3 Å². The lowest BCUT2D eigenvalue weighted by molar-refractivity contribution is -0.0861. The molecule has 0 radical (unpaired) electrons. The minimum atomic E-state index is -4.57. The number of rotatable bonds is 3. The Kier molecular flexibility index (Phi) is 7.53. The molecule has 3 aromatic rings. The number of pyridine rings is 2. The molecule has 31 heavy (non-hydrogen) atoms. The molecule has 0 saturated carbocycles. The summed E-state index contributed by atoms with van der Waals surface area (Å²) in [7, 11) is 1.27. The zero-order valence-corrected chi connectivity index (χ0v) is 17.9. The van der Waals surface area contributed by atoms with Crippen molar-refractivity contribution in [3.05, 3.63) is 53.4 Å². The van der Waals surface area contributed by atoms with E-state index < -0.39 is 11.7 Å². The third-order valence-corrected chi connectivity index (χ3v) is 4.25.